The Hall–Kier alpha value is -3.49. The van der Waals surface area contributed by atoms with E-state index in [0.717, 1.165) is 29.7 Å². The summed E-state index contributed by atoms with van der Waals surface area (Å²) in [5.74, 6) is -0.0814. The lowest BCUT2D eigenvalue weighted by Crippen LogP contribution is -2.26. The predicted molar refractivity (Wildman–Crippen MR) is 145 cm³/mol. The Morgan fingerprint density at radius 1 is 0.800 bits per heavy atom. The van der Waals surface area contributed by atoms with E-state index in [1.807, 2.05) is 17.4 Å². The van der Waals surface area contributed by atoms with Gasteiger partial charge in [-0.15, -0.1) is 11.3 Å². The van der Waals surface area contributed by atoms with Crippen molar-refractivity contribution in [3.63, 3.8) is 0 Å². The summed E-state index contributed by atoms with van der Waals surface area (Å²) < 4.78 is 16.4. The maximum Gasteiger partial charge on any atom is 0.130 e. The van der Waals surface area contributed by atoms with Gasteiger partial charge < -0.3 is 0 Å². The fourth-order valence-corrected chi connectivity index (χ4v) is 7.29. The molecule has 0 aliphatic heterocycles. The first-order valence-electron chi connectivity index (χ1n) is 12.4. The highest BCUT2D eigenvalue weighted by atomic mass is 32.1. The topological polar surface area (TPSA) is 0 Å². The van der Waals surface area contributed by atoms with E-state index in [1.165, 1.54) is 53.2 Å². The molecule has 0 bridgehead atoms. The van der Waals surface area contributed by atoms with Gasteiger partial charge in [0.2, 0.25) is 0 Å². The number of hydrogen-bond donors (Lipinski definition) is 0. The summed E-state index contributed by atoms with van der Waals surface area (Å²) >= 11 is 1.84. The lowest BCUT2D eigenvalue weighted by Gasteiger charge is -2.25. The highest BCUT2D eigenvalue weighted by molar-refractivity contribution is 7.19. The van der Waals surface area contributed by atoms with Crippen LogP contribution in [0.2, 0.25) is 0 Å². The van der Waals surface area contributed by atoms with Gasteiger partial charge in [0, 0.05) is 20.7 Å². The van der Waals surface area contributed by atoms with Gasteiger partial charge in [-0.3, -0.25) is 0 Å². The van der Waals surface area contributed by atoms with Gasteiger partial charge in [0.15, 0.2) is 0 Å². The van der Waals surface area contributed by atoms with Crippen LogP contribution in [0, 0.1) is 23.2 Å². The number of halogens is 1. The first-order chi connectivity index (χ1) is 17.2. The molecule has 0 fully saturated rings. The zero-order chi connectivity index (χ0) is 23.5. The molecule has 0 saturated heterocycles. The normalized spacial score (nSPS) is 16.4. The van der Waals surface area contributed by atoms with Crippen molar-refractivity contribution >= 4 is 33.1 Å². The molecular weight excluding hydrogens is 447 g/mol. The van der Waals surface area contributed by atoms with Gasteiger partial charge in [-0.2, -0.15) is 0 Å². The van der Waals surface area contributed by atoms with Crippen molar-refractivity contribution in [3.8, 4) is 0 Å². The largest absolute Gasteiger partial charge is 0.206 e. The van der Waals surface area contributed by atoms with Crippen LogP contribution in [0.3, 0.4) is 0 Å². The quantitative estimate of drug-likeness (QED) is 0.257. The van der Waals surface area contributed by atoms with Gasteiger partial charge in [0.25, 0.3) is 0 Å². The summed E-state index contributed by atoms with van der Waals surface area (Å²) in [6.45, 7) is 2.21. The van der Waals surface area contributed by atoms with Crippen LogP contribution in [0.1, 0.15) is 45.9 Å². The Morgan fingerprint density at radius 2 is 1.63 bits per heavy atom. The molecule has 0 amide bonds. The molecule has 0 spiro atoms. The van der Waals surface area contributed by atoms with Crippen molar-refractivity contribution in [2.75, 3.05) is 0 Å². The Morgan fingerprint density at radius 3 is 2.51 bits per heavy atom. The molecule has 1 aromatic heterocycles. The fraction of sp³-hybridized carbons (Fsp3) is 0.152. The van der Waals surface area contributed by atoms with Gasteiger partial charge in [-0.05, 0) is 93.3 Å². The molecule has 0 saturated carbocycles. The average molecular weight is 473 g/mol. The minimum atomic E-state index is -0.135. The molecule has 1 heterocycles. The van der Waals surface area contributed by atoms with Crippen LogP contribution in [0.5, 0.6) is 0 Å². The summed E-state index contributed by atoms with van der Waals surface area (Å²) in [4.78, 5) is 1.29. The summed E-state index contributed by atoms with van der Waals surface area (Å²) in [5.41, 5.74) is 6.96. The average Bonchev–Trinajstić information content (AvgIpc) is 3.32. The van der Waals surface area contributed by atoms with E-state index >= 15 is 4.39 Å². The van der Waals surface area contributed by atoms with Crippen LogP contribution in [0.15, 0.2) is 84.9 Å². The molecule has 1 unspecified atom stereocenters. The molecule has 2 aliphatic carbocycles. The van der Waals surface area contributed by atoms with Gasteiger partial charge in [0.05, 0.1) is 0 Å². The van der Waals surface area contributed by atoms with Crippen LogP contribution in [0.4, 0.5) is 4.39 Å². The van der Waals surface area contributed by atoms with Crippen molar-refractivity contribution < 1.29 is 4.39 Å². The maximum atomic E-state index is 15.1. The maximum absolute atomic E-state index is 15.1. The lowest BCUT2D eigenvalue weighted by atomic mass is 9.79. The van der Waals surface area contributed by atoms with E-state index in [2.05, 4.69) is 85.8 Å². The number of hydrogen-bond acceptors (Lipinski definition) is 1. The third-order valence-electron chi connectivity index (χ3n) is 7.74. The summed E-state index contributed by atoms with van der Waals surface area (Å²) in [7, 11) is 0. The van der Waals surface area contributed by atoms with Crippen molar-refractivity contribution in [1.29, 1.82) is 0 Å². The van der Waals surface area contributed by atoms with Crippen LogP contribution in [-0.4, -0.2) is 0 Å². The molecule has 5 aromatic rings. The van der Waals surface area contributed by atoms with E-state index in [-0.39, 0.29) is 11.7 Å². The zero-order valence-corrected chi connectivity index (χ0v) is 20.5. The van der Waals surface area contributed by atoms with Crippen molar-refractivity contribution in [1.82, 2.24) is 0 Å². The number of aryl methyl sites for hydroxylation is 1. The molecule has 7 rings (SSSR count). The summed E-state index contributed by atoms with van der Waals surface area (Å²) in [6.07, 6.45) is 5.48. The second-order valence-corrected chi connectivity index (χ2v) is 10.8. The highest BCUT2D eigenvalue weighted by Crippen LogP contribution is 2.39. The van der Waals surface area contributed by atoms with Crippen molar-refractivity contribution in [2.45, 2.75) is 32.1 Å². The third kappa shape index (κ3) is 3.24. The van der Waals surface area contributed by atoms with Crippen LogP contribution in [0.25, 0.3) is 21.7 Å². The number of thiophene rings is 1. The Balaban J connectivity index is 1.61. The van der Waals surface area contributed by atoms with Crippen molar-refractivity contribution in [3.05, 3.63) is 139 Å². The molecule has 170 valence electrons. The molecule has 0 radical (unpaired) electrons. The second-order valence-electron chi connectivity index (χ2n) is 9.73. The summed E-state index contributed by atoms with van der Waals surface area (Å²) in [6, 6.07) is 29.7. The zero-order valence-electron chi connectivity index (χ0n) is 19.6. The lowest BCUT2D eigenvalue weighted by molar-refractivity contribution is 0.616. The molecule has 4 aromatic carbocycles. The van der Waals surface area contributed by atoms with Crippen molar-refractivity contribution in [2.24, 2.45) is 0 Å². The fourth-order valence-electron chi connectivity index (χ4n) is 6.15. The molecule has 0 N–H and O–H groups in total. The first kappa shape index (κ1) is 20.8. The minimum absolute atomic E-state index is 0.0537. The van der Waals surface area contributed by atoms with Gasteiger partial charge in [-0.1, -0.05) is 72.8 Å². The highest BCUT2D eigenvalue weighted by Gasteiger charge is 2.25. The number of rotatable bonds is 2. The summed E-state index contributed by atoms with van der Waals surface area (Å²) in [5, 5.41) is 5.58. The SMILES string of the molecule is Cc1ccccc1C1=c2ccc3c(c2CCC1)C(c1cc2ccccc2s1)C=c1c(F)cccc1=3. The van der Waals surface area contributed by atoms with Crippen LogP contribution >= 0.6 is 11.3 Å². The number of fused-ring (bicyclic) bond motifs is 5. The molecular formula is C33H25FS. The van der Waals surface area contributed by atoms with E-state index in [1.54, 1.807) is 6.07 Å². The van der Waals surface area contributed by atoms with E-state index in [0.29, 0.717) is 0 Å². The Kier molecular flexibility index (Phi) is 4.78. The predicted octanol–water partition coefficient (Wildman–Crippen LogP) is 7.10. The monoisotopic (exact) mass is 472 g/mol. The molecule has 0 nitrogen and oxygen atoms in total. The van der Waals surface area contributed by atoms with Crippen LogP contribution < -0.4 is 10.4 Å². The molecule has 2 heteroatoms. The van der Waals surface area contributed by atoms with E-state index in [4.69, 9.17) is 0 Å². The molecule has 1 atom stereocenters. The standard InChI is InChI=1S/C33H25FS/c1-20-8-2-4-10-22(20)23-11-6-13-26-25(23)16-17-27-24-12-7-14-30(34)28(24)19-29(33(26)27)32-18-21-9-3-5-15-31(21)35-32/h2-5,7-10,12,14-19,29H,6,11,13H2,1H3. The van der Waals surface area contributed by atoms with Gasteiger partial charge in [0.1, 0.15) is 5.82 Å². The smallest absolute Gasteiger partial charge is 0.130 e. The van der Waals surface area contributed by atoms with Crippen LogP contribution in [-0.2, 0) is 6.42 Å². The Labute approximate surface area is 208 Å². The molecule has 35 heavy (non-hydrogen) atoms. The molecule has 2 aliphatic rings. The third-order valence-corrected chi connectivity index (χ3v) is 8.94. The van der Waals surface area contributed by atoms with E-state index < -0.39 is 0 Å². The Bertz CT molecular complexity index is 1820. The minimum Gasteiger partial charge on any atom is -0.206 e. The first-order valence-corrected chi connectivity index (χ1v) is 13.2. The number of benzene rings is 4. The van der Waals surface area contributed by atoms with Gasteiger partial charge >= 0.3 is 0 Å². The van der Waals surface area contributed by atoms with E-state index in [9.17, 15) is 0 Å². The van der Waals surface area contributed by atoms with Gasteiger partial charge in [-0.25, -0.2) is 4.39 Å². The second kappa shape index (κ2) is 8.03.